The number of rotatable bonds is 5. The van der Waals surface area contributed by atoms with E-state index < -0.39 is 5.41 Å². The third-order valence-corrected chi connectivity index (χ3v) is 3.87. The van der Waals surface area contributed by atoms with Crippen molar-refractivity contribution in [2.24, 2.45) is 5.41 Å². The van der Waals surface area contributed by atoms with E-state index in [0.29, 0.717) is 16.1 Å². The summed E-state index contributed by atoms with van der Waals surface area (Å²) in [6.07, 6.45) is 0. The second-order valence-electron chi connectivity index (χ2n) is 4.67. The van der Waals surface area contributed by atoms with E-state index in [1.54, 1.807) is 6.92 Å². The number of anilines is 1. The fourth-order valence-electron chi connectivity index (χ4n) is 0.927. The fraction of sp³-hybridized carbons (Fsp3) is 0.636. The van der Waals surface area contributed by atoms with Crippen LogP contribution in [-0.4, -0.2) is 34.4 Å². The highest BCUT2D eigenvalue weighted by Crippen LogP contribution is 2.26. The largest absolute Gasteiger partial charge is 0.465 e. The second kappa shape index (κ2) is 6.85. The quantitative estimate of drug-likeness (QED) is 0.510. The molecule has 0 saturated carbocycles. The van der Waals surface area contributed by atoms with E-state index in [1.807, 2.05) is 20.8 Å². The molecule has 19 heavy (non-hydrogen) atoms. The van der Waals surface area contributed by atoms with Crippen molar-refractivity contribution < 1.29 is 14.3 Å². The van der Waals surface area contributed by atoms with Crippen molar-refractivity contribution in [1.82, 2.24) is 10.2 Å². The van der Waals surface area contributed by atoms with Crippen LogP contribution in [0.1, 0.15) is 27.7 Å². The minimum Gasteiger partial charge on any atom is -0.465 e. The van der Waals surface area contributed by atoms with Gasteiger partial charge in [0.2, 0.25) is 11.0 Å². The lowest BCUT2D eigenvalue weighted by molar-refractivity contribution is -0.139. The maximum absolute atomic E-state index is 11.7. The predicted molar refractivity (Wildman–Crippen MR) is 75.4 cm³/mol. The van der Waals surface area contributed by atoms with Gasteiger partial charge in [0, 0.05) is 5.41 Å². The Kier molecular flexibility index (Phi) is 5.74. The monoisotopic (exact) mass is 303 g/mol. The van der Waals surface area contributed by atoms with E-state index in [1.165, 1.54) is 23.1 Å². The molecule has 8 heteroatoms. The zero-order valence-electron chi connectivity index (χ0n) is 11.3. The summed E-state index contributed by atoms with van der Waals surface area (Å²) in [5, 5.41) is 10.9. The molecule has 0 aromatic carbocycles. The van der Waals surface area contributed by atoms with Crippen molar-refractivity contribution in [2.75, 3.05) is 17.7 Å². The zero-order chi connectivity index (χ0) is 14.5. The first-order valence-corrected chi connectivity index (χ1v) is 7.56. The number of esters is 1. The summed E-state index contributed by atoms with van der Waals surface area (Å²) in [7, 11) is 0. The summed E-state index contributed by atoms with van der Waals surface area (Å²) >= 11 is 2.48. The fourth-order valence-corrected chi connectivity index (χ4v) is 2.47. The normalized spacial score (nSPS) is 11.2. The average molecular weight is 303 g/mol. The first-order valence-electron chi connectivity index (χ1n) is 5.76. The van der Waals surface area contributed by atoms with Crippen LogP contribution in [-0.2, 0) is 14.3 Å². The maximum Gasteiger partial charge on any atom is 0.316 e. The Morgan fingerprint density at radius 2 is 2.05 bits per heavy atom. The van der Waals surface area contributed by atoms with Gasteiger partial charge in [0.1, 0.15) is 0 Å². The number of carbonyl (C=O) groups excluding carboxylic acids is 2. The summed E-state index contributed by atoms with van der Waals surface area (Å²) in [6, 6.07) is 0. The molecule has 0 radical (unpaired) electrons. The highest BCUT2D eigenvalue weighted by molar-refractivity contribution is 8.01. The Morgan fingerprint density at radius 3 is 2.63 bits per heavy atom. The standard InChI is InChI=1S/C11H17N3O3S2/c1-5-17-7(15)6-18-10-14-13-9(19-10)12-8(16)11(2,3)4/h5-6H2,1-4H3,(H,12,13,16). The molecule has 0 aliphatic carbocycles. The molecule has 1 aromatic heterocycles. The van der Waals surface area contributed by atoms with Crippen molar-refractivity contribution in [3.63, 3.8) is 0 Å². The van der Waals surface area contributed by atoms with Gasteiger partial charge >= 0.3 is 5.97 Å². The Bertz CT molecular complexity index is 454. The van der Waals surface area contributed by atoms with Crippen molar-refractivity contribution in [3.05, 3.63) is 0 Å². The molecule has 0 bridgehead atoms. The van der Waals surface area contributed by atoms with Crippen LogP contribution in [0.5, 0.6) is 0 Å². The molecule has 6 nitrogen and oxygen atoms in total. The summed E-state index contributed by atoms with van der Waals surface area (Å²) in [5.74, 6) is -0.219. The highest BCUT2D eigenvalue weighted by Gasteiger charge is 2.22. The Hall–Kier alpha value is -1.15. The summed E-state index contributed by atoms with van der Waals surface area (Å²) in [4.78, 5) is 22.9. The van der Waals surface area contributed by atoms with Gasteiger partial charge < -0.3 is 10.1 Å². The molecule has 0 fully saturated rings. The number of carbonyl (C=O) groups is 2. The van der Waals surface area contributed by atoms with Gasteiger partial charge in [-0.2, -0.15) is 0 Å². The molecule has 1 amide bonds. The van der Waals surface area contributed by atoms with Crippen LogP contribution in [0.25, 0.3) is 0 Å². The van der Waals surface area contributed by atoms with Gasteiger partial charge in [-0.3, -0.25) is 9.59 Å². The van der Waals surface area contributed by atoms with E-state index in [2.05, 4.69) is 15.5 Å². The molecule has 1 N–H and O–H groups in total. The van der Waals surface area contributed by atoms with Gasteiger partial charge in [0.05, 0.1) is 12.4 Å². The SMILES string of the molecule is CCOC(=O)CSc1nnc(NC(=O)C(C)(C)C)s1. The van der Waals surface area contributed by atoms with Crippen molar-refractivity contribution in [2.45, 2.75) is 32.0 Å². The van der Waals surface area contributed by atoms with Crippen LogP contribution in [0.4, 0.5) is 5.13 Å². The molecule has 1 aromatic rings. The van der Waals surface area contributed by atoms with Crippen LogP contribution in [0.15, 0.2) is 4.34 Å². The second-order valence-corrected chi connectivity index (χ2v) is 6.87. The lowest BCUT2D eigenvalue weighted by atomic mass is 9.96. The topological polar surface area (TPSA) is 81.2 Å². The molecule has 0 atom stereocenters. The predicted octanol–water partition coefficient (Wildman–Crippen LogP) is 2.18. The summed E-state index contributed by atoms with van der Waals surface area (Å²) in [6.45, 7) is 7.58. The third kappa shape index (κ3) is 5.56. The van der Waals surface area contributed by atoms with Crippen LogP contribution in [0.3, 0.4) is 0 Å². The average Bonchev–Trinajstić information content (AvgIpc) is 2.73. The van der Waals surface area contributed by atoms with Gasteiger partial charge in [-0.25, -0.2) is 0 Å². The number of aromatic nitrogens is 2. The number of ether oxygens (including phenoxy) is 1. The molecule has 106 valence electrons. The molecule has 0 aliphatic rings. The van der Waals surface area contributed by atoms with Crippen LogP contribution in [0.2, 0.25) is 0 Å². The van der Waals surface area contributed by atoms with Crippen molar-refractivity contribution in [1.29, 1.82) is 0 Å². The Balaban J connectivity index is 2.49. The molecule has 1 rings (SSSR count). The molecule has 0 saturated heterocycles. The first-order chi connectivity index (χ1) is 8.82. The highest BCUT2D eigenvalue weighted by atomic mass is 32.2. The molecular weight excluding hydrogens is 286 g/mol. The molecule has 1 heterocycles. The van der Waals surface area contributed by atoms with E-state index in [-0.39, 0.29) is 17.6 Å². The molecule has 0 unspecified atom stereocenters. The number of nitrogens with one attached hydrogen (secondary N) is 1. The van der Waals surface area contributed by atoms with Crippen molar-refractivity contribution >= 4 is 40.1 Å². The van der Waals surface area contributed by atoms with Crippen LogP contribution < -0.4 is 5.32 Å². The van der Waals surface area contributed by atoms with E-state index in [9.17, 15) is 9.59 Å². The lowest BCUT2D eigenvalue weighted by Gasteiger charge is -2.15. The van der Waals surface area contributed by atoms with Gasteiger partial charge in [-0.1, -0.05) is 43.9 Å². The minimum absolute atomic E-state index is 0.120. The zero-order valence-corrected chi connectivity index (χ0v) is 13.0. The minimum atomic E-state index is -0.482. The van der Waals surface area contributed by atoms with E-state index >= 15 is 0 Å². The number of thioether (sulfide) groups is 1. The van der Waals surface area contributed by atoms with E-state index in [4.69, 9.17) is 4.74 Å². The van der Waals surface area contributed by atoms with E-state index in [0.717, 1.165) is 0 Å². The molecule has 0 aliphatic heterocycles. The number of nitrogens with zero attached hydrogens (tertiary/aromatic N) is 2. The third-order valence-electron chi connectivity index (χ3n) is 1.93. The first kappa shape index (κ1) is 15.9. The number of hydrogen-bond acceptors (Lipinski definition) is 7. The van der Waals surface area contributed by atoms with Crippen LogP contribution in [0, 0.1) is 5.41 Å². The van der Waals surface area contributed by atoms with Gasteiger partial charge in [-0.15, -0.1) is 10.2 Å². The molecular formula is C11H17N3O3S2. The summed E-state index contributed by atoms with van der Waals surface area (Å²) < 4.78 is 5.43. The van der Waals surface area contributed by atoms with Crippen molar-refractivity contribution in [3.8, 4) is 0 Å². The van der Waals surface area contributed by atoms with Gasteiger partial charge in [-0.05, 0) is 6.92 Å². The Morgan fingerprint density at radius 1 is 1.37 bits per heavy atom. The van der Waals surface area contributed by atoms with Gasteiger partial charge in [0.25, 0.3) is 0 Å². The maximum atomic E-state index is 11.7. The Labute approximate surface area is 120 Å². The summed E-state index contributed by atoms with van der Waals surface area (Å²) in [5.41, 5.74) is -0.482. The lowest BCUT2D eigenvalue weighted by Crippen LogP contribution is -2.27. The number of amides is 1. The van der Waals surface area contributed by atoms with Crippen LogP contribution >= 0.6 is 23.1 Å². The number of hydrogen-bond donors (Lipinski definition) is 1. The smallest absolute Gasteiger partial charge is 0.316 e. The van der Waals surface area contributed by atoms with Gasteiger partial charge in [0.15, 0.2) is 4.34 Å². The molecule has 0 spiro atoms.